The van der Waals surface area contributed by atoms with Gasteiger partial charge < -0.3 is 25.6 Å². The number of amides is 3. The second-order valence-corrected chi connectivity index (χ2v) is 10.2. The highest BCUT2D eigenvalue weighted by Crippen LogP contribution is 2.31. The number of benzene rings is 1. The van der Waals surface area contributed by atoms with Gasteiger partial charge >= 0.3 is 13.1 Å². The molecule has 0 saturated carbocycles. The highest BCUT2D eigenvalue weighted by Gasteiger charge is 2.37. The van der Waals surface area contributed by atoms with Crippen LogP contribution < -0.4 is 10.6 Å². The van der Waals surface area contributed by atoms with Crippen LogP contribution >= 0.6 is 0 Å². The van der Waals surface area contributed by atoms with Gasteiger partial charge in [-0.05, 0) is 42.6 Å². The van der Waals surface area contributed by atoms with E-state index < -0.39 is 25.0 Å². The number of hydrogen-bond donors (Lipinski definition) is 4. The second-order valence-electron chi connectivity index (χ2n) is 10.2. The van der Waals surface area contributed by atoms with Crippen molar-refractivity contribution in [3.63, 3.8) is 0 Å². The summed E-state index contributed by atoms with van der Waals surface area (Å²) in [6.45, 7) is 9.04. The fourth-order valence-corrected chi connectivity index (χ4v) is 4.56. The molecule has 0 bridgehead atoms. The average Bonchev–Trinajstić information content (AvgIpc) is 3.20. The molecule has 0 aliphatic carbocycles. The van der Waals surface area contributed by atoms with E-state index >= 15 is 0 Å². The maximum absolute atomic E-state index is 13.1. The van der Waals surface area contributed by atoms with Gasteiger partial charge in [0.05, 0.1) is 12.0 Å². The highest BCUT2D eigenvalue weighted by atomic mass is 16.4. The van der Waals surface area contributed by atoms with Crippen LogP contribution in [-0.4, -0.2) is 59.1 Å². The van der Waals surface area contributed by atoms with E-state index in [1.807, 2.05) is 37.3 Å². The summed E-state index contributed by atoms with van der Waals surface area (Å²) in [4.78, 5) is 27.3. The normalized spacial score (nSPS) is 18.7. The van der Waals surface area contributed by atoms with E-state index in [9.17, 15) is 24.9 Å². The molecule has 0 spiro atoms. The molecular weight excluding hydrogens is 419 g/mol. The number of nitrogens with zero attached hydrogens (tertiary/aromatic N) is 2. The third kappa shape index (κ3) is 8.37. The molecule has 1 aliphatic heterocycles. The van der Waals surface area contributed by atoms with Gasteiger partial charge in [-0.1, -0.05) is 58.0 Å². The first-order chi connectivity index (χ1) is 15.5. The molecule has 3 amide bonds. The van der Waals surface area contributed by atoms with Crippen molar-refractivity contribution >= 4 is 19.1 Å². The van der Waals surface area contributed by atoms with E-state index in [0.29, 0.717) is 6.54 Å². The summed E-state index contributed by atoms with van der Waals surface area (Å²) in [5, 5.41) is 34.4. The molecule has 33 heavy (non-hydrogen) atoms. The Labute approximate surface area is 197 Å². The first-order valence-corrected chi connectivity index (χ1v) is 11.7. The molecule has 2 rings (SSSR count). The summed E-state index contributed by atoms with van der Waals surface area (Å²) in [6.07, 6.45) is 2.60. The molecule has 1 heterocycles. The number of rotatable bonds is 9. The van der Waals surface area contributed by atoms with Crippen LogP contribution in [0.1, 0.15) is 52.5 Å². The second kappa shape index (κ2) is 12.1. The van der Waals surface area contributed by atoms with Crippen LogP contribution in [0.3, 0.4) is 0 Å². The van der Waals surface area contributed by atoms with Gasteiger partial charge in [0, 0.05) is 19.1 Å². The zero-order valence-corrected chi connectivity index (χ0v) is 20.1. The Bertz CT molecular complexity index is 822. The summed E-state index contributed by atoms with van der Waals surface area (Å²) in [5.41, 5.74) is 0.891. The first kappa shape index (κ1) is 26.7. The van der Waals surface area contributed by atoms with Crippen LogP contribution in [-0.2, 0) is 11.2 Å². The standard InChI is InChI=1S/C24H37BN4O4/c1-17(14-24(2,3)4)20(15-26)22(30)29-12-8-11-19(29)16-27-23(31)28-21(25(32)33)13-18-9-6-5-7-10-18/h5-7,9-10,17,19-21,32-33H,8,11-14,16H2,1-4H3,(H2,27,28,31)/t17-,19-,20?,21-/m0/s1. The van der Waals surface area contributed by atoms with Crippen molar-refractivity contribution < 1.29 is 19.6 Å². The van der Waals surface area contributed by atoms with Crippen LogP contribution in [0.15, 0.2) is 30.3 Å². The van der Waals surface area contributed by atoms with E-state index in [1.165, 1.54) is 0 Å². The van der Waals surface area contributed by atoms with Crippen LogP contribution in [0.25, 0.3) is 0 Å². The largest absolute Gasteiger partial charge is 0.475 e. The van der Waals surface area contributed by atoms with Crippen molar-refractivity contribution in [1.29, 1.82) is 5.26 Å². The molecule has 1 fully saturated rings. The highest BCUT2D eigenvalue weighted by molar-refractivity contribution is 6.43. The van der Waals surface area contributed by atoms with E-state index in [2.05, 4.69) is 37.5 Å². The zero-order valence-electron chi connectivity index (χ0n) is 20.1. The van der Waals surface area contributed by atoms with E-state index in [0.717, 1.165) is 24.8 Å². The van der Waals surface area contributed by atoms with Crippen LogP contribution in [0.4, 0.5) is 4.79 Å². The Hall–Kier alpha value is -2.57. The summed E-state index contributed by atoms with van der Waals surface area (Å²) in [6, 6.07) is 10.7. The maximum Gasteiger partial charge on any atom is 0.475 e. The van der Waals surface area contributed by atoms with Crippen molar-refractivity contribution in [2.45, 2.75) is 65.4 Å². The van der Waals surface area contributed by atoms with Gasteiger partial charge in [0.2, 0.25) is 5.91 Å². The minimum atomic E-state index is -1.71. The van der Waals surface area contributed by atoms with E-state index in [-0.39, 0.29) is 36.2 Å². The molecule has 180 valence electrons. The molecule has 1 saturated heterocycles. The molecule has 9 heteroatoms. The monoisotopic (exact) mass is 456 g/mol. The van der Waals surface area contributed by atoms with Gasteiger partial charge in [-0.25, -0.2) is 4.79 Å². The SMILES string of the molecule is C[C@@H](CC(C)(C)C)C(C#N)C(=O)N1CCC[C@H]1CNC(=O)N[C@@H](Cc1ccccc1)B(O)O. The predicted molar refractivity (Wildman–Crippen MR) is 128 cm³/mol. The lowest BCUT2D eigenvalue weighted by Gasteiger charge is -2.31. The fraction of sp³-hybridized carbons (Fsp3) is 0.625. The Morgan fingerprint density at radius 2 is 1.94 bits per heavy atom. The molecule has 0 aromatic heterocycles. The van der Waals surface area contributed by atoms with Crippen molar-refractivity contribution in [3.05, 3.63) is 35.9 Å². The Morgan fingerprint density at radius 1 is 1.27 bits per heavy atom. The lowest BCUT2D eigenvalue weighted by molar-refractivity contribution is -0.136. The minimum Gasteiger partial charge on any atom is -0.426 e. The molecular formula is C24H37BN4O4. The number of carbonyl (C=O) groups excluding carboxylic acids is 2. The Kier molecular flexibility index (Phi) is 9.75. The molecule has 1 unspecified atom stereocenters. The fourth-order valence-electron chi connectivity index (χ4n) is 4.56. The number of hydrogen-bond acceptors (Lipinski definition) is 5. The average molecular weight is 456 g/mol. The molecule has 0 radical (unpaired) electrons. The van der Waals surface area contributed by atoms with Crippen molar-refractivity contribution in [2.24, 2.45) is 17.3 Å². The van der Waals surface area contributed by atoms with Gasteiger partial charge in [0.25, 0.3) is 0 Å². The molecule has 1 aromatic carbocycles. The van der Waals surface area contributed by atoms with Crippen molar-refractivity contribution in [3.8, 4) is 6.07 Å². The summed E-state index contributed by atoms with van der Waals surface area (Å²) in [7, 11) is -1.71. The third-order valence-corrected chi connectivity index (χ3v) is 6.04. The van der Waals surface area contributed by atoms with Crippen LogP contribution in [0.2, 0.25) is 0 Å². The zero-order chi connectivity index (χ0) is 24.6. The molecule has 1 aliphatic rings. The topological polar surface area (TPSA) is 126 Å². The Morgan fingerprint density at radius 3 is 2.52 bits per heavy atom. The van der Waals surface area contributed by atoms with Crippen molar-refractivity contribution in [1.82, 2.24) is 15.5 Å². The number of nitrogens with one attached hydrogen (secondary N) is 2. The quantitative estimate of drug-likeness (QED) is 0.424. The molecule has 8 nitrogen and oxygen atoms in total. The van der Waals surface area contributed by atoms with Gasteiger partial charge in [-0.2, -0.15) is 5.26 Å². The molecule has 4 atom stereocenters. The van der Waals surface area contributed by atoms with E-state index in [4.69, 9.17) is 0 Å². The number of carbonyl (C=O) groups is 2. The summed E-state index contributed by atoms with van der Waals surface area (Å²) >= 11 is 0. The minimum absolute atomic E-state index is 0.0203. The number of urea groups is 1. The third-order valence-electron chi connectivity index (χ3n) is 6.04. The van der Waals surface area contributed by atoms with Crippen LogP contribution in [0.5, 0.6) is 0 Å². The molecule has 4 N–H and O–H groups in total. The van der Waals surface area contributed by atoms with Gasteiger partial charge in [0.1, 0.15) is 5.92 Å². The number of nitriles is 1. The maximum atomic E-state index is 13.1. The lowest BCUT2D eigenvalue weighted by Crippen LogP contribution is -2.53. The lowest BCUT2D eigenvalue weighted by atomic mass is 9.76. The van der Waals surface area contributed by atoms with Crippen molar-refractivity contribution in [2.75, 3.05) is 13.1 Å². The summed E-state index contributed by atoms with van der Waals surface area (Å²) in [5.74, 6) is -1.81. The smallest absolute Gasteiger partial charge is 0.426 e. The predicted octanol–water partition coefficient (Wildman–Crippen LogP) is 2.11. The van der Waals surface area contributed by atoms with E-state index in [1.54, 1.807) is 4.90 Å². The van der Waals surface area contributed by atoms with Gasteiger partial charge in [0.15, 0.2) is 0 Å². The summed E-state index contributed by atoms with van der Waals surface area (Å²) < 4.78 is 0. The van der Waals surface area contributed by atoms with Gasteiger partial charge in [-0.15, -0.1) is 0 Å². The first-order valence-electron chi connectivity index (χ1n) is 11.7. The molecule has 1 aromatic rings. The van der Waals surface area contributed by atoms with Gasteiger partial charge in [-0.3, -0.25) is 4.79 Å². The van der Waals surface area contributed by atoms with Crippen LogP contribution in [0, 0.1) is 28.6 Å². The Balaban J connectivity index is 1.93. The number of likely N-dealkylation sites (tertiary alicyclic amines) is 1.